The average Bonchev–Trinajstić information content (AvgIpc) is 2.33. The van der Waals surface area contributed by atoms with E-state index in [0.717, 1.165) is 12.2 Å². The molecular formula is C13H17ClO3. The highest BCUT2D eigenvalue weighted by Crippen LogP contribution is 2.25. The Morgan fingerprint density at radius 2 is 2.18 bits per heavy atom. The molecule has 1 aromatic rings. The lowest BCUT2D eigenvalue weighted by molar-refractivity contribution is 0.267. The van der Waals surface area contributed by atoms with E-state index in [9.17, 15) is 5.11 Å². The van der Waals surface area contributed by atoms with Crippen molar-refractivity contribution in [2.45, 2.75) is 20.0 Å². The van der Waals surface area contributed by atoms with Crippen LogP contribution in [0, 0.1) is 0 Å². The van der Waals surface area contributed by atoms with Gasteiger partial charge in [-0.15, -0.1) is 0 Å². The first-order valence-corrected chi connectivity index (χ1v) is 5.87. The van der Waals surface area contributed by atoms with Crippen molar-refractivity contribution in [3.05, 3.63) is 35.4 Å². The van der Waals surface area contributed by atoms with E-state index in [0.29, 0.717) is 23.0 Å². The van der Waals surface area contributed by atoms with Crippen molar-refractivity contribution in [1.29, 1.82) is 0 Å². The molecule has 0 bridgehead atoms. The minimum atomic E-state index is -0.0852. The molecule has 0 saturated heterocycles. The minimum Gasteiger partial charge on any atom is -0.493 e. The lowest BCUT2D eigenvalue weighted by Gasteiger charge is -2.12. The summed E-state index contributed by atoms with van der Waals surface area (Å²) in [5, 5.41) is 9.59. The molecule has 0 spiro atoms. The summed E-state index contributed by atoms with van der Waals surface area (Å²) in [6.07, 6.45) is 0.941. The molecule has 4 heteroatoms. The summed E-state index contributed by atoms with van der Waals surface area (Å²) in [4.78, 5) is 0. The van der Waals surface area contributed by atoms with Crippen molar-refractivity contribution in [3.8, 4) is 11.5 Å². The molecule has 0 heterocycles. The third-order valence-electron chi connectivity index (χ3n) is 2.07. The van der Waals surface area contributed by atoms with Crippen LogP contribution in [0.5, 0.6) is 11.5 Å². The first-order chi connectivity index (χ1) is 8.17. The number of hydrogen-bond acceptors (Lipinski definition) is 3. The largest absolute Gasteiger partial charge is 0.493 e. The van der Waals surface area contributed by atoms with Gasteiger partial charge in [0, 0.05) is 16.7 Å². The summed E-state index contributed by atoms with van der Waals surface area (Å²) in [5.74, 6) is 1.29. The van der Waals surface area contributed by atoms with E-state index < -0.39 is 0 Å². The fourth-order valence-electron chi connectivity index (χ4n) is 1.27. The van der Waals surface area contributed by atoms with Crippen LogP contribution in [0.1, 0.15) is 18.9 Å². The molecule has 0 atom stereocenters. The third-order valence-corrected chi connectivity index (χ3v) is 2.18. The van der Waals surface area contributed by atoms with Gasteiger partial charge < -0.3 is 14.6 Å². The molecule has 1 rings (SSSR count). The number of halogens is 1. The smallest absolute Gasteiger partial charge is 0.129 e. The Balaban J connectivity index is 2.78. The molecule has 0 radical (unpaired) electrons. The summed E-state index contributed by atoms with van der Waals surface area (Å²) in [7, 11) is 0. The van der Waals surface area contributed by atoms with E-state index in [1.165, 1.54) is 0 Å². The van der Waals surface area contributed by atoms with Crippen LogP contribution in [0.3, 0.4) is 0 Å². The molecule has 0 aliphatic heterocycles. The molecule has 0 unspecified atom stereocenters. The Labute approximate surface area is 107 Å². The fourth-order valence-corrected chi connectivity index (χ4v) is 1.32. The standard InChI is InChI=1S/C13H17ClO3/c1-3-6-16-12-5-4-11(8-15)13(7-12)17-9-10(2)14/h4-5,7,15H,2-3,6,8-9H2,1H3. The molecule has 0 fully saturated rings. The number of rotatable bonds is 7. The lowest BCUT2D eigenvalue weighted by atomic mass is 10.2. The number of ether oxygens (including phenoxy) is 2. The molecule has 0 aromatic heterocycles. The van der Waals surface area contributed by atoms with Gasteiger partial charge in [0.05, 0.1) is 13.2 Å². The first-order valence-electron chi connectivity index (χ1n) is 5.50. The number of aliphatic hydroxyl groups excluding tert-OH is 1. The molecule has 1 aromatic carbocycles. The second-order valence-electron chi connectivity index (χ2n) is 3.58. The van der Waals surface area contributed by atoms with Gasteiger partial charge in [-0.2, -0.15) is 0 Å². The van der Waals surface area contributed by atoms with Crippen LogP contribution in [-0.2, 0) is 6.61 Å². The first kappa shape index (κ1) is 13.9. The van der Waals surface area contributed by atoms with E-state index in [1.807, 2.05) is 13.0 Å². The summed E-state index contributed by atoms with van der Waals surface area (Å²) in [6.45, 7) is 6.36. The zero-order valence-electron chi connectivity index (χ0n) is 9.91. The summed E-state index contributed by atoms with van der Waals surface area (Å²) in [6, 6.07) is 5.34. The van der Waals surface area contributed by atoms with Crippen molar-refractivity contribution in [3.63, 3.8) is 0 Å². The maximum atomic E-state index is 9.17. The highest BCUT2D eigenvalue weighted by molar-refractivity contribution is 6.29. The molecule has 3 nitrogen and oxygen atoms in total. The van der Waals surface area contributed by atoms with Crippen LogP contribution in [0.4, 0.5) is 0 Å². The second-order valence-corrected chi connectivity index (χ2v) is 4.12. The van der Waals surface area contributed by atoms with Gasteiger partial charge in [-0.25, -0.2) is 0 Å². The Bertz CT molecular complexity index is 377. The minimum absolute atomic E-state index is 0.0852. The monoisotopic (exact) mass is 256 g/mol. The zero-order valence-corrected chi connectivity index (χ0v) is 10.7. The second kappa shape index (κ2) is 7.20. The van der Waals surface area contributed by atoms with Gasteiger partial charge in [0.2, 0.25) is 0 Å². The highest BCUT2D eigenvalue weighted by atomic mass is 35.5. The van der Waals surface area contributed by atoms with E-state index in [2.05, 4.69) is 6.58 Å². The molecule has 0 aliphatic carbocycles. The lowest BCUT2D eigenvalue weighted by Crippen LogP contribution is -2.01. The third kappa shape index (κ3) is 4.67. The Morgan fingerprint density at radius 3 is 2.76 bits per heavy atom. The maximum Gasteiger partial charge on any atom is 0.129 e. The quantitative estimate of drug-likeness (QED) is 0.815. The molecule has 94 valence electrons. The average molecular weight is 257 g/mol. The number of benzene rings is 1. The molecule has 0 saturated carbocycles. The van der Waals surface area contributed by atoms with Gasteiger partial charge in [-0.05, 0) is 18.6 Å². The number of hydrogen-bond donors (Lipinski definition) is 1. The highest BCUT2D eigenvalue weighted by Gasteiger charge is 2.05. The van der Waals surface area contributed by atoms with Crippen molar-refractivity contribution in [1.82, 2.24) is 0 Å². The topological polar surface area (TPSA) is 38.7 Å². The van der Waals surface area contributed by atoms with Gasteiger partial charge in [0.15, 0.2) is 0 Å². The normalized spacial score (nSPS) is 10.1. The Morgan fingerprint density at radius 1 is 1.41 bits per heavy atom. The maximum absolute atomic E-state index is 9.17. The van der Waals surface area contributed by atoms with Gasteiger partial charge in [-0.3, -0.25) is 0 Å². The summed E-state index contributed by atoms with van der Waals surface area (Å²) >= 11 is 5.63. The predicted molar refractivity (Wildman–Crippen MR) is 68.6 cm³/mol. The van der Waals surface area contributed by atoms with Crippen LogP contribution in [0.25, 0.3) is 0 Å². The van der Waals surface area contributed by atoms with Crippen molar-refractivity contribution in [2.75, 3.05) is 13.2 Å². The van der Waals surface area contributed by atoms with Crippen molar-refractivity contribution in [2.24, 2.45) is 0 Å². The Hall–Kier alpha value is -1.19. The van der Waals surface area contributed by atoms with Crippen LogP contribution in [0.15, 0.2) is 29.8 Å². The molecule has 17 heavy (non-hydrogen) atoms. The van der Waals surface area contributed by atoms with Crippen LogP contribution >= 0.6 is 11.6 Å². The Kier molecular flexibility index (Phi) is 5.87. The van der Waals surface area contributed by atoms with Crippen molar-refractivity contribution < 1.29 is 14.6 Å². The van der Waals surface area contributed by atoms with E-state index in [1.54, 1.807) is 12.1 Å². The van der Waals surface area contributed by atoms with E-state index in [4.69, 9.17) is 21.1 Å². The van der Waals surface area contributed by atoms with Crippen molar-refractivity contribution >= 4 is 11.6 Å². The zero-order chi connectivity index (χ0) is 12.7. The SMILES string of the molecule is C=C(Cl)COc1cc(OCCC)ccc1CO. The van der Waals surface area contributed by atoms with Gasteiger partial charge in [0.25, 0.3) is 0 Å². The number of aliphatic hydroxyl groups is 1. The molecular weight excluding hydrogens is 240 g/mol. The fraction of sp³-hybridized carbons (Fsp3) is 0.385. The van der Waals surface area contributed by atoms with E-state index in [-0.39, 0.29) is 13.2 Å². The van der Waals surface area contributed by atoms with Crippen LogP contribution in [0.2, 0.25) is 0 Å². The van der Waals surface area contributed by atoms with Crippen LogP contribution < -0.4 is 9.47 Å². The molecule has 0 aliphatic rings. The molecule has 1 N–H and O–H groups in total. The molecule has 0 amide bonds. The van der Waals surface area contributed by atoms with Gasteiger partial charge in [-0.1, -0.05) is 25.1 Å². The summed E-state index contributed by atoms with van der Waals surface area (Å²) in [5.41, 5.74) is 0.701. The van der Waals surface area contributed by atoms with E-state index >= 15 is 0 Å². The van der Waals surface area contributed by atoms with Gasteiger partial charge in [0.1, 0.15) is 18.1 Å². The summed E-state index contributed by atoms with van der Waals surface area (Å²) < 4.78 is 10.9. The van der Waals surface area contributed by atoms with Gasteiger partial charge >= 0.3 is 0 Å². The van der Waals surface area contributed by atoms with Crippen LogP contribution in [-0.4, -0.2) is 18.3 Å². The predicted octanol–water partition coefficient (Wildman–Crippen LogP) is 3.10.